The predicted molar refractivity (Wildman–Crippen MR) is 35.8 cm³/mol. The summed E-state index contributed by atoms with van der Waals surface area (Å²) in [6, 6.07) is 3.68. The number of hydrogen-bond donors (Lipinski definition) is 0. The number of halogens is 2. The van der Waals surface area contributed by atoms with Gasteiger partial charge < -0.3 is 0 Å². The Morgan fingerprint density at radius 1 is 1.20 bits per heavy atom. The van der Waals surface area contributed by atoms with Crippen molar-refractivity contribution in [1.29, 1.82) is 0 Å². The van der Waals surface area contributed by atoms with Crippen molar-refractivity contribution in [3.05, 3.63) is 35.4 Å². The average Bonchev–Trinajstić information content (AvgIpc) is 1.88. The molecule has 0 unspecified atom stereocenters. The van der Waals surface area contributed by atoms with Crippen molar-refractivity contribution >= 4 is 7.85 Å². The highest BCUT2D eigenvalue weighted by atomic mass is 19.1. The van der Waals surface area contributed by atoms with E-state index in [4.69, 9.17) is 7.85 Å². The van der Waals surface area contributed by atoms with Crippen molar-refractivity contribution < 1.29 is 8.78 Å². The van der Waals surface area contributed by atoms with Crippen LogP contribution in [0.25, 0.3) is 0 Å². The lowest BCUT2D eigenvalue weighted by Crippen LogP contribution is -1.93. The van der Waals surface area contributed by atoms with Crippen LogP contribution in [-0.4, -0.2) is 7.85 Å². The molecule has 1 aromatic carbocycles. The molecule has 0 aliphatic carbocycles. The van der Waals surface area contributed by atoms with Crippen molar-refractivity contribution in [2.45, 2.75) is 6.32 Å². The molecule has 1 rings (SSSR count). The molecule has 0 saturated carbocycles. The van der Waals surface area contributed by atoms with Crippen molar-refractivity contribution in [3.63, 3.8) is 0 Å². The van der Waals surface area contributed by atoms with Gasteiger partial charge in [0.2, 0.25) is 0 Å². The topological polar surface area (TPSA) is 0 Å². The Bertz CT molecular complexity index is 215. The molecule has 10 heavy (non-hydrogen) atoms. The monoisotopic (exact) mass is 138 g/mol. The maximum absolute atomic E-state index is 12.5. The molecule has 3 heteroatoms. The first-order valence-corrected chi connectivity index (χ1v) is 2.88. The minimum Gasteiger partial charge on any atom is -0.207 e. The summed E-state index contributed by atoms with van der Waals surface area (Å²) in [7, 11) is 5.07. The molecule has 0 saturated heterocycles. The van der Waals surface area contributed by atoms with Gasteiger partial charge in [0.05, 0.1) is 7.85 Å². The number of rotatable bonds is 1. The van der Waals surface area contributed by atoms with Crippen LogP contribution in [0.3, 0.4) is 0 Å². The van der Waals surface area contributed by atoms with E-state index in [1.54, 1.807) is 0 Å². The summed E-state index contributed by atoms with van der Waals surface area (Å²) >= 11 is 0. The van der Waals surface area contributed by atoms with Gasteiger partial charge in [0, 0.05) is 5.56 Å². The smallest absolute Gasteiger partial charge is 0.128 e. The van der Waals surface area contributed by atoms with Gasteiger partial charge in [0.1, 0.15) is 11.6 Å². The zero-order chi connectivity index (χ0) is 7.56. The van der Waals surface area contributed by atoms with E-state index in [1.807, 2.05) is 0 Å². The van der Waals surface area contributed by atoms with E-state index < -0.39 is 11.6 Å². The molecule has 1 aromatic rings. The van der Waals surface area contributed by atoms with Crippen molar-refractivity contribution in [2.75, 3.05) is 0 Å². The van der Waals surface area contributed by atoms with E-state index in [9.17, 15) is 8.78 Å². The zero-order valence-corrected chi connectivity index (χ0v) is 5.27. The maximum atomic E-state index is 12.5. The standard InChI is InChI=1S/C7H5BF2/c8-4-5-6(9)2-1-3-7(5)10/h1-3H,4H2. The maximum Gasteiger partial charge on any atom is 0.128 e. The molecule has 0 nitrogen and oxygen atoms in total. The van der Waals surface area contributed by atoms with Crippen LogP contribution in [0, 0.1) is 11.6 Å². The van der Waals surface area contributed by atoms with Gasteiger partial charge in [-0.1, -0.05) is 12.4 Å². The van der Waals surface area contributed by atoms with Gasteiger partial charge in [0.15, 0.2) is 0 Å². The molecule has 0 amide bonds. The Morgan fingerprint density at radius 3 is 2.00 bits per heavy atom. The van der Waals surface area contributed by atoms with Crippen molar-refractivity contribution in [1.82, 2.24) is 0 Å². The third kappa shape index (κ3) is 1.18. The highest BCUT2D eigenvalue weighted by Crippen LogP contribution is 2.10. The third-order valence-corrected chi connectivity index (χ3v) is 1.27. The lowest BCUT2D eigenvalue weighted by atomic mass is 9.96. The van der Waals surface area contributed by atoms with Crippen LogP contribution in [0.2, 0.25) is 0 Å². The summed E-state index contributed by atoms with van der Waals surface area (Å²) in [5.74, 6) is -1.16. The summed E-state index contributed by atoms with van der Waals surface area (Å²) in [5.41, 5.74) is -0.0532. The SMILES string of the molecule is [B]Cc1c(F)cccc1F. The second-order valence-corrected chi connectivity index (χ2v) is 1.90. The quantitative estimate of drug-likeness (QED) is 0.517. The molecular weight excluding hydrogens is 133 g/mol. The fourth-order valence-electron chi connectivity index (χ4n) is 0.727. The molecule has 0 aliphatic rings. The molecule has 0 fully saturated rings. The van der Waals surface area contributed by atoms with E-state index in [-0.39, 0.29) is 11.9 Å². The lowest BCUT2D eigenvalue weighted by Gasteiger charge is -1.98. The number of hydrogen-bond acceptors (Lipinski definition) is 0. The van der Waals surface area contributed by atoms with Gasteiger partial charge in [0.25, 0.3) is 0 Å². The molecule has 0 spiro atoms. The Morgan fingerprint density at radius 2 is 1.70 bits per heavy atom. The van der Waals surface area contributed by atoms with Crippen molar-refractivity contribution in [2.24, 2.45) is 0 Å². The van der Waals surface area contributed by atoms with Crippen LogP contribution in [0.4, 0.5) is 8.78 Å². The van der Waals surface area contributed by atoms with Gasteiger partial charge in [-0.25, -0.2) is 8.78 Å². The normalized spacial score (nSPS) is 9.80. The van der Waals surface area contributed by atoms with Gasteiger partial charge in [-0.05, 0) is 12.1 Å². The minimum absolute atomic E-state index is 0.0532. The van der Waals surface area contributed by atoms with Crippen molar-refractivity contribution in [3.8, 4) is 0 Å². The Labute approximate surface area is 59.3 Å². The summed E-state index contributed by atoms with van der Waals surface area (Å²) in [5, 5.41) is 0. The molecule has 2 radical (unpaired) electrons. The van der Waals surface area contributed by atoms with E-state index >= 15 is 0 Å². The van der Waals surface area contributed by atoms with Crippen LogP contribution in [0.1, 0.15) is 5.56 Å². The van der Waals surface area contributed by atoms with E-state index in [0.717, 1.165) is 0 Å². The van der Waals surface area contributed by atoms with Crippen LogP contribution >= 0.6 is 0 Å². The van der Waals surface area contributed by atoms with Gasteiger partial charge in [-0.15, -0.1) is 0 Å². The predicted octanol–water partition coefficient (Wildman–Crippen LogP) is 1.63. The Kier molecular flexibility index (Phi) is 2.04. The highest BCUT2D eigenvalue weighted by Gasteiger charge is 2.03. The second-order valence-electron chi connectivity index (χ2n) is 1.90. The third-order valence-electron chi connectivity index (χ3n) is 1.27. The average molecular weight is 138 g/mol. The fourth-order valence-corrected chi connectivity index (χ4v) is 0.727. The molecule has 0 aromatic heterocycles. The Balaban J connectivity index is 3.17. The summed E-state index contributed by atoms with van der Waals surface area (Å²) in [6.07, 6.45) is -0.0987. The molecular formula is C7H5BF2. The van der Waals surface area contributed by atoms with E-state index in [2.05, 4.69) is 0 Å². The number of benzene rings is 1. The molecule has 0 atom stereocenters. The molecule has 50 valence electrons. The van der Waals surface area contributed by atoms with Crippen LogP contribution < -0.4 is 0 Å². The second kappa shape index (κ2) is 2.82. The largest absolute Gasteiger partial charge is 0.207 e. The highest BCUT2D eigenvalue weighted by molar-refractivity contribution is 6.08. The first kappa shape index (κ1) is 7.25. The molecule has 0 heterocycles. The van der Waals surface area contributed by atoms with Gasteiger partial charge in [-0.2, -0.15) is 0 Å². The lowest BCUT2D eigenvalue weighted by molar-refractivity contribution is 0.565. The van der Waals surface area contributed by atoms with Gasteiger partial charge in [-0.3, -0.25) is 0 Å². The summed E-state index contributed by atoms with van der Waals surface area (Å²) in [4.78, 5) is 0. The first-order chi connectivity index (χ1) is 4.75. The van der Waals surface area contributed by atoms with Crippen LogP contribution in [0.15, 0.2) is 18.2 Å². The summed E-state index contributed by atoms with van der Waals surface area (Å²) < 4.78 is 25.1. The zero-order valence-electron chi connectivity index (χ0n) is 5.27. The summed E-state index contributed by atoms with van der Waals surface area (Å²) in [6.45, 7) is 0. The van der Waals surface area contributed by atoms with Crippen LogP contribution in [0.5, 0.6) is 0 Å². The van der Waals surface area contributed by atoms with E-state index in [0.29, 0.717) is 0 Å². The molecule has 0 bridgehead atoms. The van der Waals surface area contributed by atoms with E-state index in [1.165, 1.54) is 18.2 Å². The Hall–Kier alpha value is -0.855. The first-order valence-electron chi connectivity index (χ1n) is 2.88. The molecule has 0 N–H and O–H groups in total. The minimum atomic E-state index is -0.581. The molecule has 0 aliphatic heterocycles. The van der Waals surface area contributed by atoms with Crippen LogP contribution in [-0.2, 0) is 6.32 Å². The fraction of sp³-hybridized carbons (Fsp3) is 0.143. The van der Waals surface area contributed by atoms with Gasteiger partial charge >= 0.3 is 0 Å².